The summed E-state index contributed by atoms with van der Waals surface area (Å²) in [5.74, 6) is 10.5. The van der Waals surface area contributed by atoms with E-state index in [1.165, 1.54) is 11.0 Å². The molecule has 0 amide bonds. The van der Waals surface area contributed by atoms with E-state index in [0.717, 1.165) is 0 Å². The molecule has 8 heavy (non-hydrogen) atoms. The van der Waals surface area contributed by atoms with Gasteiger partial charge in [-0.2, -0.15) is 0 Å². The molecular formula is C2H6N6. The maximum absolute atomic E-state index is 5.20. The lowest BCUT2D eigenvalue weighted by Gasteiger charge is -1.93. The molecule has 1 aromatic rings. The monoisotopic (exact) mass is 114 g/mol. The zero-order chi connectivity index (χ0) is 5.98. The molecule has 0 aromatic carbocycles. The molecule has 0 aliphatic rings. The third-order valence-electron chi connectivity index (χ3n) is 0.702. The molecule has 0 saturated heterocycles. The van der Waals surface area contributed by atoms with Gasteiger partial charge in [0.1, 0.15) is 6.33 Å². The fourth-order valence-electron chi connectivity index (χ4n) is 0.346. The predicted molar refractivity (Wildman–Crippen MR) is 28.0 cm³/mol. The highest BCUT2D eigenvalue weighted by Crippen LogP contribution is 1.89. The quantitative estimate of drug-likeness (QED) is 0.298. The van der Waals surface area contributed by atoms with Gasteiger partial charge in [-0.1, -0.05) is 0 Å². The van der Waals surface area contributed by atoms with Gasteiger partial charge in [0.05, 0.1) is 0 Å². The maximum Gasteiger partial charge on any atom is 0.257 e. The van der Waals surface area contributed by atoms with Gasteiger partial charge in [-0.3, -0.25) is 5.43 Å². The van der Waals surface area contributed by atoms with E-state index >= 15 is 0 Å². The number of hydrogen-bond donors (Lipinski definition) is 3. The van der Waals surface area contributed by atoms with Crippen molar-refractivity contribution in [3.63, 3.8) is 0 Å². The van der Waals surface area contributed by atoms with Gasteiger partial charge in [0.25, 0.3) is 5.95 Å². The Kier molecular flexibility index (Phi) is 1.01. The van der Waals surface area contributed by atoms with Crippen molar-refractivity contribution < 1.29 is 0 Å². The zero-order valence-electron chi connectivity index (χ0n) is 4.07. The molecule has 5 N–H and O–H groups in total. The van der Waals surface area contributed by atoms with E-state index in [2.05, 4.69) is 15.6 Å². The Balaban J connectivity index is 2.92. The van der Waals surface area contributed by atoms with Crippen molar-refractivity contribution in [1.82, 2.24) is 14.9 Å². The van der Waals surface area contributed by atoms with E-state index in [-0.39, 0.29) is 0 Å². The normalized spacial score (nSPS) is 9.12. The molecule has 0 bridgehead atoms. The summed E-state index contributed by atoms with van der Waals surface area (Å²) < 4.78 is 1.18. The predicted octanol–water partition coefficient (Wildman–Crippen LogP) is -1.72. The number of rotatable bonds is 1. The Bertz CT molecular complexity index is 167. The molecule has 0 aliphatic carbocycles. The largest absolute Gasteiger partial charge is 0.335 e. The smallest absolute Gasteiger partial charge is 0.257 e. The first-order valence-electron chi connectivity index (χ1n) is 1.96. The Morgan fingerprint density at radius 2 is 2.50 bits per heavy atom. The van der Waals surface area contributed by atoms with E-state index in [9.17, 15) is 0 Å². The van der Waals surface area contributed by atoms with E-state index in [1.807, 2.05) is 0 Å². The maximum atomic E-state index is 5.20. The van der Waals surface area contributed by atoms with E-state index in [1.54, 1.807) is 0 Å². The highest BCUT2D eigenvalue weighted by molar-refractivity contribution is 5.19. The van der Waals surface area contributed by atoms with Crippen LogP contribution in [-0.4, -0.2) is 14.9 Å². The number of aromatic nitrogens is 3. The summed E-state index contributed by atoms with van der Waals surface area (Å²) in [6, 6.07) is 0. The number of hydrazine groups is 1. The Morgan fingerprint density at radius 1 is 1.75 bits per heavy atom. The van der Waals surface area contributed by atoms with Gasteiger partial charge in [-0.25, -0.2) is 10.5 Å². The lowest BCUT2D eigenvalue weighted by Crippen LogP contribution is -2.17. The molecule has 1 heterocycles. The molecule has 0 atom stereocenters. The zero-order valence-corrected chi connectivity index (χ0v) is 4.07. The first kappa shape index (κ1) is 4.85. The summed E-state index contributed by atoms with van der Waals surface area (Å²) in [5, 5.41) is 6.92. The number of anilines is 1. The molecule has 0 saturated carbocycles. The van der Waals surface area contributed by atoms with Crippen LogP contribution in [0.1, 0.15) is 0 Å². The molecule has 44 valence electrons. The van der Waals surface area contributed by atoms with Crippen LogP contribution in [0.3, 0.4) is 0 Å². The SMILES string of the molecule is NNc1nncn1N. The van der Waals surface area contributed by atoms with E-state index in [4.69, 9.17) is 11.7 Å². The summed E-state index contributed by atoms with van der Waals surface area (Å²) in [6.45, 7) is 0. The Labute approximate surface area is 45.4 Å². The third kappa shape index (κ3) is 0.562. The number of nitrogen functional groups attached to an aromatic ring is 2. The topological polar surface area (TPSA) is 94.8 Å². The van der Waals surface area contributed by atoms with Crippen molar-refractivity contribution in [2.45, 2.75) is 0 Å². The molecule has 1 aromatic heterocycles. The molecule has 0 fully saturated rings. The van der Waals surface area contributed by atoms with Crippen LogP contribution in [-0.2, 0) is 0 Å². The molecule has 6 heteroatoms. The molecule has 0 aliphatic heterocycles. The van der Waals surface area contributed by atoms with Crippen LogP contribution < -0.4 is 17.1 Å². The first-order chi connectivity index (χ1) is 3.84. The average Bonchev–Trinajstić information content (AvgIpc) is 2.14. The van der Waals surface area contributed by atoms with Crippen molar-refractivity contribution >= 4 is 5.95 Å². The molecule has 1 rings (SSSR count). The van der Waals surface area contributed by atoms with Crippen LogP contribution in [0.4, 0.5) is 5.95 Å². The standard InChI is InChI=1S/C2H6N6/c3-6-2-7-5-1-8(2)4/h1H,3-4H2,(H,6,7). The minimum absolute atomic E-state index is 0.338. The summed E-state index contributed by atoms with van der Waals surface area (Å²) in [4.78, 5) is 0. The second-order valence-corrected chi connectivity index (χ2v) is 1.21. The molecule has 0 unspecified atom stereocenters. The van der Waals surface area contributed by atoms with Crippen molar-refractivity contribution in [3.05, 3.63) is 6.33 Å². The summed E-state index contributed by atoms with van der Waals surface area (Å²) >= 11 is 0. The van der Waals surface area contributed by atoms with Gasteiger partial charge < -0.3 is 5.84 Å². The average molecular weight is 114 g/mol. The van der Waals surface area contributed by atoms with Gasteiger partial charge in [0.15, 0.2) is 0 Å². The number of nitrogens with two attached hydrogens (primary N) is 2. The van der Waals surface area contributed by atoms with Crippen LogP contribution in [0.25, 0.3) is 0 Å². The van der Waals surface area contributed by atoms with Gasteiger partial charge >= 0.3 is 0 Å². The number of nitrogens with one attached hydrogen (secondary N) is 1. The fourth-order valence-corrected chi connectivity index (χ4v) is 0.346. The first-order valence-corrected chi connectivity index (χ1v) is 1.96. The highest BCUT2D eigenvalue weighted by atomic mass is 15.5. The van der Waals surface area contributed by atoms with Crippen LogP contribution in [0, 0.1) is 0 Å². The van der Waals surface area contributed by atoms with Gasteiger partial charge in [-0.15, -0.1) is 10.2 Å². The van der Waals surface area contributed by atoms with Crippen molar-refractivity contribution in [2.75, 3.05) is 11.3 Å². The second-order valence-electron chi connectivity index (χ2n) is 1.21. The van der Waals surface area contributed by atoms with Gasteiger partial charge in [-0.05, 0) is 0 Å². The summed E-state index contributed by atoms with van der Waals surface area (Å²) in [6.07, 6.45) is 1.34. The van der Waals surface area contributed by atoms with Crippen LogP contribution in [0.15, 0.2) is 6.33 Å². The second kappa shape index (κ2) is 1.66. The Morgan fingerprint density at radius 3 is 2.75 bits per heavy atom. The highest BCUT2D eigenvalue weighted by Gasteiger charge is 1.92. The van der Waals surface area contributed by atoms with Gasteiger partial charge in [0, 0.05) is 0 Å². The minimum Gasteiger partial charge on any atom is -0.335 e. The minimum atomic E-state index is 0.338. The van der Waals surface area contributed by atoms with E-state index < -0.39 is 0 Å². The summed E-state index contributed by atoms with van der Waals surface area (Å²) in [5.41, 5.74) is 2.24. The van der Waals surface area contributed by atoms with Crippen LogP contribution in [0.5, 0.6) is 0 Å². The molecule has 0 radical (unpaired) electrons. The van der Waals surface area contributed by atoms with Crippen LogP contribution in [0.2, 0.25) is 0 Å². The molecular weight excluding hydrogens is 108 g/mol. The van der Waals surface area contributed by atoms with E-state index in [0.29, 0.717) is 5.95 Å². The van der Waals surface area contributed by atoms with Crippen molar-refractivity contribution in [1.29, 1.82) is 0 Å². The Hall–Kier alpha value is -1.30. The summed E-state index contributed by atoms with van der Waals surface area (Å²) in [7, 11) is 0. The fraction of sp³-hybridized carbons (Fsp3) is 0. The lowest BCUT2D eigenvalue weighted by molar-refractivity contribution is 0.987. The third-order valence-corrected chi connectivity index (χ3v) is 0.702. The van der Waals surface area contributed by atoms with Gasteiger partial charge in [0.2, 0.25) is 0 Å². The lowest BCUT2D eigenvalue weighted by atomic mass is 11.1. The van der Waals surface area contributed by atoms with Crippen molar-refractivity contribution in [3.8, 4) is 0 Å². The van der Waals surface area contributed by atoms with Crippen LogP contribution >= 0.6 is 0 Å². The number of nitrogens with zero attached hydrogens (tertiary/aromatic N) is 3. The molecule has 6 nitrogen and oxygen atoms in total. The number of hydrogen-bond acceptors (Lipinski definition) is 5. The van der Waals surface area contributed by atoms with Crippen molar-refractivity contribution in [2.24, 2.45) is 5.84 Å². The molecule has 0 spiro atoms.